The Hall–Kier alpha value is -1.44. The number of hydrogen-bond acceptors (Lipinski definition) is 7. The number of nitrogen functional groups attached to an aromatic ring is 1. The standard InChI is InChI=1S/C14H25N5O2/c1-20-8-3-6-19(7-9-21-2)13-10-12(18-15)16-14(17-13)11-4-5-11/h10-11H,3-9,15H2,1-2H3,(H,16,17,18). The van der Waals surface area contributed by atoms with Crippen LogP contribution < -0.4 is 16.2 Å². The normalized spacial score (nSPS) is 14.2. The van der Waals surface area contributed by atoms with Crippen LogP contribution in [-0.2, 0) is 9.47 Å². The van der Waals surface area contributed by atoms with Gasteiger partial charge < -0.3 is 19.8 Å². The zero-order valence-electron chi connectivity index (χ0n) is 12.8. The van der Waals surface area contributed by atoms with E-state index in [-0.39, 0.29) is 0 Å². The highest BCUT2D eigenvalue weighted by Crippen LogP contribution is 2.39. The molecular weight excluding hydrogens is 270 g/mol. The van der Waals surface area contributed by atoms with Gasteiger partial charge in [0, 0.05) is 45.9 Å². The fourth-order valence-corrected chi connectivity index (χ4v) is 2.15. The molecule has 1 aromatic rings. The maximum absolute atomic E-state index is 5.53. The van der Waals surface area contributed by atoms with Gasteiger partial charge in [-0.05, 0) is 19.3 Å². The lowest BCUT2D eigenvalue weighted by molar-refractivity contribution is 0.191. The van der Waals surface area contributed by atoms with Crippen molar-refractivity contribution in [3.05, 3.63) is 11.9 Å². The van der Waals surface area contributed by atoms with Crippen molar-refractivity contribution in [3.8, 4) is 0 Å². The number of rotatable bonds is 10. The monoisotopic (exact) mass is 295 g/mol. The lowest BCUT2D eigenvalue weighted by Gasteiger charge is -2.24. The molecule has 0 saturated heterocycles. The Morgan fingerprint density at radius 2 is 2.00 bits per heavy atom. The summed E-state index contributed by atoms with van der Waals surface area (Å²) in [5, 5.41) is 0. The predicted molar refractivity (Wildman–Crippen MR) is 82.4 cm³/mol. The topological polar surface area (TPSA) is 85.5 Å². The summed E-state index contributed by atoms with van der Waals surface area (Å²) in [6.07, 6.45) is 3.26. The van der Waals surface area contributed by atoms with Crippen LogP contribution in [0.25, 0.3) is 0 Å². The predicted octanol–water partition coefficient (Wildman–Crippen LogP) is 1.13. The molecule has 0 atom stereocenters. The van der Waals surface area contributed by atoms with Gasteiger partial charge in [-0.25, -0.2) is 15.8 Å². The molecule has 0 amide bonds. The summed E-state index contributed by atoms with van der Waals surface area (Å²) in [6, 6.07) is 1.88. The summed E-state index contributed by atoms with van der Waals surface area (Å²) < 4.78 is 10.3. The smallest absolute Gasteiger partial charge is 0.145 e. The molecule has 1 aliphatic rings. The number of anilines is 2. The summed E-state index contributed by atoms with van der Waals surface area (Å²) in [4.78, 5) is 11.3. The fourth-order valence-electron chi connectivity index (χ4n) is 2.15. The molecule has 0 aliphatic heterocycles. The third-order valence-electron chi connectivity index (χ3n) is 3.49. The number of hydrogen-bond donors (Lipinski definition) is 2. The van der Waals surface area contributed by atoms with E-state index in [9.17, 15) is 0 Å². The molecule has 3 N–H and O–H groups in total. The molecule has 1 fully saturated rings. The van der Waals surface area contributed by atoms with Gasteiger partial charge in [-0.2, -0.15) is 0 Å². The lowest BCUT2D eigenvalue weighted by Crippen LogP contribution is -2.30. The van der Waals surface area contributed by atoms with Crippen LogP contribution in [0.4, 0.5) is 11.6 Å². The largest absolute Gasteiger partial charge is 0.385 e. The molecule has 1 heterocycles. The van der Waals surface area contributed by atoms with E-state index >= 15 is 0 Å². The summed E-state index contributed by atoms with van der Waals surface area (Å²) in [7, 11) is 3.42. The Morgan fingerprint density at radius 1 is 1.24 bits per heavy atom. The molecule has 2 rings (SSSR count). The van der Waals surface area contributed by atoms with Crippen LogP contribution in [0.2, 0.25) is 0 Å². The van der Waals surface area contributed by atoms with Gasteiger partial charge in [-0.15, -0.1) is 0 Å². The summed E-state index contributed by atoms with van der Waals surface area (Å²) in [5.41, 5.74) is 2.63. The minimum Gasteiger partial charge on any atom is -0.385 e. The van der Waals surface area contributed by atoms with E-state index < -0.39 is 0 Å². The zero-order chi connectivity index (χ0) is 15.1. The highest BCUT2D eigenvalue weighted by molar-refractivity contribution is 5.49. The number of hydrazine groups is 1. The van der Waals surface area contributed by atoms with Crippen LogP contribution in [0.1, 0.15) is 31.0 Å². The Labute approximate surface area is 125 Å². The second-order valence-corrected chi connectivity index (χ2v) is 5.21. The molecule has 118 valence electrons. The number of methoxy groups -OCH3 is 2. The quantitative estimate of drug-likeness (QED) is 0.380. The van der Waals surface area contributed by atoms with Crippen molar-refractivity contribution in [1.82, 2.24) is 9.97 Å². The lowest BCUT2D eigenvalue weighted by atomic mass is 10.3. The number of nitrogens with one attached hydrogen (secondary N) is 1. The fraction of sp³-hybridized carbons (Fsp3) is 0.714. The van der Waals surface area contributed by atoms with Crippen LogP contribution in [0, 0.1) is 0 Å². The molecule has 1 saturated carbocycles. The number of aromatic nitrogens is 2. The van der Waals surface area contributed by atoms with Crippen LogP contribution in [0.5, 0.6) is 0 Å². The average Bonchev–Trinajstić information content (AvgIpc) is 3.35. The van der Waals surface area contributed by atoms with Crippen molar-refractivity contribution in [3.63, 3.8) is 0 Å². The molecule has 7 nitrogen and oxygen atoms in total. The molecule has 0 unspecified atom stereocenters. The van der Waals surface area contributed by atoms with E-state index in [1.165, 1.54) is 0 Å². The highest BCUT2D eigenvalue weighted by Gasteiger charge is 2.28. The third kappa shape index (κ3) is 4.80. The average molecular weight is 295 g/mol. The minimum atomic E-state index is 0.486. The molecule has 21 heavy (non-hydrogen) atoms. The van der Waals surface area contributed by atoms with Crippen molar-refractivity contribution in [2.24, 2.45) is 5.84 Å². The molecule has 0 aromatic carbocycles. The number of nitrogens with two attached hydrogens (primary N) is 1. The molecular formula is C14H25N5O2. The zero-order valence-corrected chi connectivity index (χ0v) is 12.8. The minimum absolute atomic E-state index is 0.486. The van der Waals surface area contributed by atoms with Gasteiger partial charge in [0.15, 0.2) is 0 Å². The molecule has 1 aliphatic carbocycles. The van der Waals surface area contributed by atoms with Gasteiger partial charge in [-0.3, -0.25) is 0 Å². The first kappa shape index (κ1) is 15.9. The second-order valence-electron chi connectivity index (χ2n) is 5.21. The maximum Gasteiger partial charge on any atom is 0.145 e. The van der Waals surface area contributed by atoms with Gasteiger partial charge in [0.1, 0.15) is 17.5 Å². The first-order valence-electron chi connectivity index (χ1n) is 7.37. The highest BCUT2D eigenvalue weighted by atomic mass is 16.5. The summed E-state index contributed by atoms with van der Waals surface area (Å²) in [6.45, 7) is 3.03. The number of nitrogens with zero attached hydrogens (tertiary/aromatic N) is 3. The van der Waals surface area contributed by atoms with Crippen molar-refractivity contribution in [2.75, 3.05) is 50.8 Å². The molecule has 1 aromatic heterocycles. The van der Waals surface area contributed by atoms with Crippen molar-refractivity contribution in [2.45, 2.75) is 25.2 Å². The van der Waals surface area contributed by atoms with Gasteiger partial charge in [0.25, 0.3) is 0 Å². The van der Waals surface area contributed by atoms with Crippen molar-refractivity contribution in [1.29, 1.82) is 0 Å². The van der Waals surface area contributed by atoms with E-state index in [2.05, 4.69) is 15.3 Å². The SMILES string of the molecule is COCCCN(CCOC)c1cc(NN)nc(C2CC2)n1. The molecule has 0 spiro atoms. The van der Waals surface area contributed by atoms with E-state index in [4.69, 9.17) is 20.3 Å². The van der Waals surface area contributed by atoms with E-state index in [0.717, 1.165) is 50.6 Å². The van der Waals surface area contributed by atoms with Gasteiger partial charge in [-0.1, -0.05) is 0 Å². The molecule has 7 heteroatoms. The van der Waals surface area contributed by atoms with Crippen LogP contribution in [0.3, 0.4) is 0 Å². The Kier molecular flexibility index (Phi) is 6.16. The first-order chi connectivity index (χ1) is 10.3. The summed E-state index contributed by atoms with van der Waals surface area (Å²) in [5.74, 6) is 8.46. The Morgan fingerprint density at radius 3 is 2.62 bits per heavy atom. The second kappa shape index (κ2) is 8.11. The van der Waals surface area contributed by atoms with Crippen LogP contribution >= 0.6 is 0 Å². The van der Waals surface area contributed by atoms with Gasteiger partial charge >= 0.3 is 0 Å². The van der Waals surface area contributed by atoms with Gasteiger partial charge in [0.05, 0.1) is 6.61 Å². The Balaban J connectivity index is 2.13. The van der Waals surface area contributed by atoms with E-state index in [0.29, 0.717) is 18.3 Å². The summed E-state index contributed by atoms with van der Waals surface area (Å²) >= 11 is 0. The van der Waals surface area contributed by atoms with Crippen molar-refractivity contribution >= 4 is 11.6 Å². The molecule has 0 bridgehead atoms. The maximum atomic E-state index is 5.53. The number of ether oxygens (including phenoxy) is 2. The van der Waals surface area contributed by atoms with E-state index in [1.807, 2.05) is 6.07 Å². The molecule has 0 radical (unpaired) electrons. The third-order valence-corrected chi connectivity index (χ3v) is 3.49. The Bertz CT molecular complexity index is 439. The van der Waals surface area contributed by atoms with Crippen LogP contribution in [-0.4, -0.2) is 50.5 Å². The van der Waals surface area contributed by atoms with E-state index in [1.54, 1.807) is 14.2 Å². The van der Waals surface area contributed by atoms with Crippen molar-refractivity contribution < 1.29 is 9.47 Å². The first-order valence-corrected chi connectivity index (χ1v) is 7.37. The van der Waals surface area contributed by atoms with Crippen LogP contribution in [0.15, 0.2) is 6.07 Å². The van der Waals surface area contributed by atoms with Gasteiger partial charge in [0.2, 0.25) is 0 Å².